The maximum atomic E-state index is 11.7. The van der Waals surface area contributed by atoms with Crippen LogP contribution in [0.1, 0.15) is 17.3 Å². The highest BCUT2D eigenvalue weighted by Gasteiger charge is 2.25. The molecule has 0 heterocycles. The number of benzene rings is 1. The van der Waals surface area contributed by atoms with E-state index in [1.165, 1.54) is 14.0 Å². The third-order valence-electron chi connectivity index (χ3n) is 2.37. The molecule has 7 nitrogen and oxygen atoms in total. The Morgan fingerprint density at radius 1 is 1.05 bits per heavy atom. The first kappa shape index (κ1) is 19.8. The van der Waals surface area contributed by atoms with Crippen LogP contribution >= 0.6 is 67.8 Å². The fourth-order valence-electron chi connectivity index (χ4n) is 1.55. The van der Waals surface area contributed by atoms with Crippen LogP contribution in [-0.4, -0.2) is 36.6 Å². The van der Waals surface area contributed by atoms with Gasteiger partial charge in [-0.1, -0.05) is 0 Å². The number of amides is 2. The third kappa shape index (κ3) is 4.64. The second-order valence-corrected chi connectivity index (χ2v) is 7.27. The van der Waals surface area contributed by atoms with Gasteiger partial charge in [-0.25, -0.2) is 4.79 Å². The minimum absolute atomic E-state index is 0.0260. The van der Waals surface area contributed by atoms with Gasteiger partial charge in [-0.3, -0.25) is 9.59 Å². The molecule has 0 bridgehead atoms. The minimum Gasteiger partial charge on any atom is -0.478 e. The van der Waals surface area contributed by atoms with Gasteiger partial charge in [-0.15, -0.1) is 0 Å². The molecule has 2 amide bonds. The molecule has 22 heavy (non-hydrogen) atoms. The van der Waals surface area contributed by atoms with Crippen LogP contribution in [0.5, 0.6) is 0 Å². The smallest absolute Gasteiger partial charge is 0.338 e. The molecule has 10 heteroatoms. The summed E-state index contributed by atoms with van der Waals surface area (Å²) < 4.78 is 6.09. The Balaban J connectivity index is 3.54. The summed E-state index contributed by atoms with van der Waals surface area (Å²) in [4.78, 5) is 34.6. The third-order valence-corrected chi connectivity index (χ3v) is 5.61. The number of carbonyl (C=O) groups excluding carboxylic acids is 2. The van der Waals surface area contributed by atoms with Crippen LogP contribution in [0.15, 0.2) is 0 Å². The van der Waals surface area contributed by atoms with Gasteiger partial charge >= 0.3 is 5.97 Å². The lowest BCUT2D eigenvalue weighted by Crippen LogP contribution is -2.21. The second-order valence-electron chi connectivity index (χ2n) is 4.03. The van der Waals surface area contributed by atoms with Gasteiger partial charge < -0.3 is 20.5 Å². The fraction of sp³-hybridized carbons (Fsp3) is 0.250. The number of rotatable bonds is 5. The molecule has 0 aromatic heterocycles. The van der Waals surface area contributed by atoms with Crippen molar-refractivity contribution >= 4 is 96.9 Å². The quantitative estimate of drug-likeness (QED) is 0.429. The number of nitrogens with one attached hydrogen (secondary N) is 2. The zero-order valence-corrected chi connectivity index (χ0v) is 17.9. The lowest BCUT2D eigenvalue weighted by molar-refractivity contribution is -0.119. The van der Waals surface area contributed by atoms with Crippen LogP contribution in [0.3, 0.4) is 0 Å². The van der Waals surface area contributed by atoms with Crippen LogP contribution in [0, 0.1) is 10.7 Å². The van der Waals surface area contributed by atoms with Gasteiger partial charge in [-0.2, -0.15) is 0 Å². The van der Waals surface area contributed by atoms with Crippen molar-refractivity contribution in [2.75, 3.05) is 24.4 Å². The number of methoxy groups -OCH3 is 1. The normalized spacial score (nSPS) is 10.2. The Kier molecular flexibility index (Phi) is 7.73. The highest BCUT2D eigenvalue weighted by atomic mass is 127. The Morgan fingerprint density at radius 3 is 1.95 bits per heavy atom. The van der Waals surface area contributed by atoms with E-state index in [1.54, 1.807) is 0 Å². The van der Waals surface area contributed by atoms with E-state index in [9.17, 15) is 19.5 Å². The van der Waals surface area contributed by atoms with Crippen molar-refractivity contribution in [2.24, 2.45) is 0 Å². The Labute approximate surface area is 167 Å². The number of carboxylic acids is 1. The minimum atomic E-state index is -1.14. The zero-order chi connectivity index (χ0) is 17.0. The molecule has 0 atom stereocenters. The molecule has 1 aromatic carbocycles. The molecular weight excluding hydrogens is 633 g/mol. The predicted molar refractivity (Wildman–Crippen MR) is 106 cm³/mol. The lowest BCUT2D eigenvalue weighted by Gasteiger charge is -2.18. The van der Waals surface area contributed by atoms with Gasteiger partial charge in [0.1, 0.15) is 6.61 Å². The number of halogens is 3. The SMILES string of the molecule is COCC(=O)Nc1c(I)c(NC(C)=O)c(I)c(C(=O)O)c1I. The number of carboxylic acid groups (broad SMARTS) is 1. The van der Waals surface area contributed by atoms with Crippen molar-refractivity contribution in [3.05, 3.63) is 16.3 Å². The van der Waals surface area contributed by atoms with Crippen molar-refractivity contribution in [3.8, 4) is 0 Å². The average molecular weight is 644 g/mol. The average Bonchev–Trinajstić information content (AvgIpc) is 2.39. The molecule has 0 saturated carbocycles. The van der Waals surface area contributed by atoms with Crippen LogP contribution in [-0.2, 0) is 14.3 Å². The van der Waals surface area contributed by atoms with Crippen LogP contribution < -0.4 is 10.6 Å². The lowest BCUT2D eigenvalue weighted by atomic mass is 10.1. The number of anilines is 2. The summed E-state index contributed by atoms with van der Waals surface area (Å²) in [6.07, 6.45) is 0. The van der Waals surface area contributed by atoms with Gasteiger partial charge in [0, 0.05) is 14.0 Å². The van der Waals surface area contributed by atoms with Crippen molar-refractivity contribution < 1.29 is 24.2 Å². The largest absolute Gasteiger partial charge is 0.478 e. The molecule has 0 aliphatic heterocycles. The first-order valence-corrected chi connectivity index (χ1v) is 8.94. The van der Waals surface area contributed by atoms with E-state index < -0.39 is 11.9 Å². The topological polar surface area (TPSA) is 105 Å². The summed E-state index contributed by atoms with van der Waals surface area (Å²) in [6, 6.07) is 0. The summed E-state index contributed by atoms with van der Waals surface area (Å²) in [5.74, 6) is -1.88. The number of aromatic carboxylic acids is 1. The summed E-state index contributed by atoms with van der Waals surface area (Å²) in [7, 11) is 1.38. The van der Waals surface area contributed by atoms with E-state index in [0.717, 1.165) is 0 Å². The number of hydrogen-bond donors (Lipinski definition) is 3. The number of hydrogen-bond acceptors (Lipinski definition) is 4. The van der Waals surface area contributed by atoms with E-state index in [4.69, 9.17) is 4.74 Å². The predicted octanol–water partition coefficient (Wildman–Crippen LogP) is 2.74. The maximum Gasteiger partial charge on any atom is 0.338 e. The standard InChI is InChI=1S/C12H11I3N2O5/c1-4(18)16-10-7(13)6(12(20)21)8(14)11(9(10)15)17-5(19)3-22-2/h3H2,1-2H3,(H,16,18)(H,17,19)(H,20,21). The fourth-order valence-corrected chi connectivity index (χ4v) is 5.72. The van der Waals surface area contributed by atoms with Crippen LogP contribution in [0.25, 0.3) is 0 Å². The Hall–Kier alpha value is -0.220. The van der Waals surface area contributed by atoms with Crippen molar-refractivity contribution in [1.29, 1.82) is 0 Å². The molecule has 3 N–H and O–H groups in total. The Morgan fingerprint density at radius 2 is 1.55 bits per heavy atom. The molecule has 0 spiro atoms. The van der Waals surface area contributed by atoms with Crippen LogP contribution in [0.4, 0.5) is 11.4 Å². The van der Waals surface area contributed by atoms with Gasteiger partial charge in [0.25, 0.3) is 0 Å². The van der Waals surface area contributed by atoms with E-state index >= 15 is 0 Å². The molecule has 0 fully saturated rings. The monoisotopic (exact) mass is 644 g/mol. The van der Waals surface area contributed by atoms with E-state index in [1.807, 2.05) is 67.8 Å². The molecular formula is C12H11I3N2O5. The zero-order valence-electron chi connectivity index (χ0n) is 11.4. The first-order valence-electron chi connectivity index (χ1n) is 5.70. The van der Waals surface area contributed by atoms with E-state index in [2.05, 4.69) is 10.6 Å². The van der Waals surface area contributed by atoms with Gasteiger partial charge in [0.05, 0.1) is 27.6 Å². The highest BCUT2D eigenvalue weighted by Crippen LogP contribution is 2.38. The van der Waals surface area contributed by atoms with Crippen molar-refractivity contribution in [1.82, 2.24) is 0 Å². The highest BCUT2D eigenvalue weighted by molar-refractivity contribution is 14.1. The van der Waals surface area contributed by atoms with Crippen molar-refractivity contribution in [3.63, 3.8) is 0 Å². The molecule has 0 aliphatic carbocycles. The summed E-state index contributed by atoms with van der Waals surface area (Å²) >= 11 is 5.68. The van der Waals surface area contributed by atoms with Crippen molar-refractivity contribution in [2.45, 2.75) is 6.92 Å². The maximum absolute atomic E-state index is 11.7. The molecule has 1 aromatic rings. The second kappa shape index (κ2) is 8.58. The molecule has 120 valence electrons. The molecule has 1 rings (SSSR count). The van der Waals surface area contributed by atoms with Gasteiger partial charge in [0.2, 0.25) is 11.8 Å². The van der Waals surface area contributed by atoms with E-state index in [-0.39, 0.29) is 18.1 Å². The first-order chi connectivity index (χ1) is 10.2. The molecule has 0 unspecified atom stereocenters. The number of carbonyl (C=O) groups is 3. The summed E-state index contributed by atoms with van der Waals surface area (Å²) in [5, 5.41) is 14.6. The van der Waals surface area contributed by atoms with Gasteiger partial charge in [0.15, 0.2) is 0 Å². The summed E-state index contributed by atoms with van der Waals surface area (Å²) in [5.41, 5.74) is 0.724. The molecule has 0 aliphatic rings. The Bertz CT molecular complexity index is 648. The van der Waals surface area contributed by atoms with Gasteiger partial charge in [-0.05, 0) is 67.8 Å². The molecule has 0 saturated heterocycles. The molecule has 0 radical (unpaired) electrons. The van der Waals surface area contributed by atoms with E-state index in [0.29, 0.717) is 22.1 Å². The summed E-state index contributed by atoms with van der Waals surface area (Å²) in [6.45, 7) is 1.17. The van der Waals surface area contributed by atoms with Crippen LogP contribution in [0.2, 0.25) is 0 Å². The number of ether oxygens (including phenoxy) is 1.